The minimum Gasteiger partial charge on any atom is -0.440 e. The number of amides is 1. The highest BCUT2D eigenvalue weighted by Gasteiger charge is 2.23. The van der Waals surface area contributed by atoms with Gasteiger partial charge in [-0.3, -0.25) is 4.79 Å². The van der Waals surface area contributed by atoms with Gasteiger partial charge in [0.15, 0.2) is 0 Å². The van der Waals surface area contributed by atoms with E-state index in [-0.39, 0.29) is 12.2 Å². The lowest BCUT2D eigenvalue weighted by molar-refractivity contribution is -0.118. The maximum atomic E-state index is 13.1. The molecule has 1 unspecified atom stereocenters. The molecule has 0 saturated carbocycles. The van der Waals surface area contributed by atoms with Crippen LogP contribution in [0, 0.1) is 5.82 Å². The summed E-state index contributed by atoms with van der Waals surface area (Å²) in [7, 11) is 1.85. The van der Waals surface area contributed by atoms with Crippen molar-refractivity contribution in [3.8, 4) is 11.6 Å². The topological polar surface area (TPSA) is 83.3 Å². The summed E-state index contributed by atoms with van der Waals surface area (Å²) >= 11 is 0. The summed E-state index contributed by atoms with van der Waals surface area (Å²) in [6.45, 7) is 0. The van der Waals surface area contributed by atoms with Crippen molar-refractivity contribution in [3.05, 3.63) is 59.9 Å². The molecular weight excluding hydrogens is 309 g/mol. The van der Waals surface area contributed by atoms with Gasteiger partial charge in [-0.25, -0.2) is 4.39 Å². The van der Waals surface area contributed by atoms with Gasteiger partial charge in [-0.15, -0.1) is 0 Å². The van der Waals surface area contributed by atoms with Crippen LogP contribution in [0.5, 0.6) is 11.6 Å². The number of primary amides is 1. The van der Waals surface area contributed by atoms with E-state index >= 15 is 0 Å². The van der Waals surface area contributed by atoms with Crippen LogP contribution in [-0.4, -0.2) is 10.5 Å². The molecule has 0 aliphatic carbocycles. The van der Waals surface area contributed by atoms with Crippen LogP contribution in [0.25, 0.3) is 10.9 Å². The maximum absolute atomic E-state index is 13.1. The molecule has 2 aromatic carbocycles. The number of rotatable bonds is 5. The molecule has 0 bridgehead atoms. The molecule has 0 spiro atoms. The summed E-state index contributed by atoms with van der Waals surface area (Å²) in [5.41, 5.74) is 13.1. The summed E-state index contributed by atoms with van der Waals surface area (Å²) in [4.78, 5) is 11.3. The average Bonchev–Trinajstić information content (AvgIpc) is 2.82. The fraction of sp³-hybridized carbons (Fsp3) is 0.167. The largest absolute Gasteiger partial charge is 0.440 e. The van der Waals surface area contributed by atoms with Crippen LogP contribution < -0.4 is 16.2 Å². The number of aryl methyl sites for hydroxylation is 1. The Morgan fingerprint density at radius 2 is 1.88 bits per heavy atom. The van der Waals surface area contributed by atoms with E-state index in [0.717, 1.165) is 10.9 Å². The van der Waals surface area contributed by atoms with Gasteiger partial charge in [0.2, 0.25) is 11.8 Å². The van der Waals surface area contributed by atoms with Crippen LogP contribution >= 0.6 is 0 Å². The lowest BCUT2D eigenvalue weighted by atomic mass is 10.0. The first-order chi connectivity index (χ1) is 11.5. The van der Waals surface area contributed by atoms with Crippen LogP contribution in [0.4, 0.5) is 4.39 Å². The van der Waals surface area contributed by atoms with Crippen LogP contribution in [-0.2, 0) is 11.8 Å². The summed E-state index contributed by atoms with van der Waals surface area (Å²) in [5.74, 6) is 0.166. The zero-order valence-electron chi connectivity index (χ0n) is 13.2. The number of aromatic nitrogens is 1. The third-order valence-electron chi connectivity index (χ3n) is 3.91. The molecule has 0 aliphatic heterocycles. The second-order valence-electron chi connectivity index (χ2n) is 5.63. The predicted octanol–water partition coefficient (Wildman–Crippen LogP) is 2.98. The Morgan fingerprint density at radius 3 is 2.54 bits per heavy atom. The van der Waals surface area contributed by atoms with Gasteiger partial charge in [0.25, 0.3) is 0 Å². The van der Waals surface area contributed by atoms with Crippen molar-refractivity contribution in [1.82, 2.24) is 4.57 Å². The minimum absolute atomic E-state index is 0.00772. The summed E-state index contributed by atoms with van der Waals surface area (Å²) in [6, 6.07) is 12.8. The van der Waals surface area contributed by atoms with Crippen molar-refractivity contribution < 1.29 is 13.9 Å². The molecule has 3 aromatic rings. The number of halogens is 1. The van der Waals surface area contributed by atoms with E-state index in [4.69, 9.17) is 16.2 Å². The van der Waals surface area contributed by atoms with Crippen molar-refractivity contribution in [2.75, 3.05) is 0 Å². The van der Waals surface area contributed by atoms with E-state index in [2.05, 4.69) is 0 Å². The summed E-state index contributed by atoms with van der Waals surface area (Å²) < 4.78 is 20.9. The Labute approximate surface area is 138 Å². The van der Waals surface area contributed by atoms with Crippen molar-refractivity contribution >= 4 is 16.8 Å². The maximum Gasteiger partial charge on any atom is 0.219 e. The number of nitrogens with zero attached hydrogens (tertiary/aromatic N) is 1. The fourth-order valence-electron chi connectivity index (χ4n) is 2.81. The van der Waals surface area contributed by atoms with Gasteiger partial charge in [-0.1, -0.05) is 18.2 Å². The molecule has 1 amide bonds. The van der Waals surface area contributed by atoms with Crippen LogP contribution in [0.1, 0.15) is 18.0 Å². The van der Waals surface area contributed by atoms with Gasteiger partial charge in [-0.2, -0.15) is 0 Å². The molecule has 5 nitrogen and oxygen atoms in total. The zero-order chi connectivity index (χ0) is 17.3. The lowest BCUT2D eigenvalue weighted by Gasteiger charge is -2.14. The first-order valence-corrected chi connectivity index (χ1v) is 7.52. The predicted molar refractivity (Wildman–Crippen MR) is 90.1 cm³/mol. The number of fused-ring (bicyclic) bond motifs is 1. The number of hydrogen-bond donors (Lipinski definition) is 2. The minimum atomic E-state index is -0.593. The molecule has 0 fully saturated rings. The standard InChI is InChI=1S/C18H18FN3O2/c1-22-15-5-3-2-4-13(15)17(14(20)10-16(21)23)18(22)24-12-8-6-11(19)7-9-12/h2-9,14H,10,20H2,1H3,(H2,21,23). The highest BCUT2D eigenvalue weighted by molar-refractivity contribution is 5.88. The number of para-hydroxylation sites is 1. The van der Waals surface area contributed by atoms with E-state index in [1.807, 2.05) is 35.9 Å². The highest BCUT2D eigenvalue weighted by atomic mass is 19.1. The number of benzene rings is 2. The zero-order valence-corrected chi connectivity index (χ0v) is 13.2. The molecule has 4 N–H and O–H groups in total. The third kappa shape index (κ3) is 2.96. The summed E-state index contributed by atoms with van der Waals surface area (Å²) in [5, 5.41) is 0.894. The normalized spacial score (nSPS) is 12.3. The van der Waals surface area contributed by atoms with Gasteiger partial charge in [-0.05, 0) is 30.3 Å². The molecule has 1 atom stereocenters. The number of nitrogens with two attached hydrogens (primary N) is 2. The smallest absolute Gasteiger partial charge is 0.219 e. The molecule has 124 valence electrons. The molecular formula is C18H18FN3O2. The van der Waals surface area contributed by atoms with E-state index in [9.17, 15) is 9.18 Å². The number of hydrogen-bond acceptors (Lipinski definition) is 3. The highest BCUT2D eigenvalue weighted by Crippen LogP contribution is 2.38. The van der Waals surface area contributed by atoms with Crippen LogP contribution in [0.3, 0.4) is 0 Å². The van der Waals surface area contributed by atoms with Gasteiger partial charge < -0.3 is 20.8 Å². The molecule has 6 heteroatoms. The van der Waals surface area contributed by atoms with Crippen molar-refractivity contribution in [3.63, 3.8) is 0 Å². The Morgan fingerprint density at radius 1 is 1.21 bits per heavy atom. The van der Waals surface area contributed by atoms with E-state index in [0.29, 0.717) is 17.2 Å². The van der Waals surface area contributed by atoms with Crippen molar-refractivity contribution in [2.45, 2.75) is 12.5 Å². The number of carbonyl (C=O) groups excluding carboxylic acids is 1. The monoisotopic (exact) mass is 327 g/mol. The summed E-state index contributed by atoms with van der Waals surface area (Å²) in [6.07, 6.45) is 0.00772. The second kappa shape index (κ2) is 6.33. The van der Waals surface area contributed by atoms with Crippen LogP contribution in [0.2, 0.25) is 0 Å². The van der Waals surface area contributed by atoms with Gasteiger partial charge in [0.05, 0.1) is 5.52 Å². The first-order valence-electron chi connectivity index (χ1n) is 7.52. The van der Waals surface area contributed by atoms with Crippen molar-refractivity contribution in [1.29, 1.82) is 0 Å². The molecule has 0 saturated heterocycles. The Bertz CT molecular complexity index is 887. The van der Waals surface area contributed by atoms with E-state index < -0.39 is 11.9 Å². The Balaban J connectivity index is 2.12. The first kappa shape index (κ1) is 16.0. The molecule has 0 radical (unpaired) electrons. The number of ether oxygens (including phenoxy) is 1. The van der Waals surface area contributed by atoms with Gasteiger partial charge in [0.1, 0.15) is 11.6 Å². The number of carbonyl (C=O) groups is 1. The van der Waals surface area contributed by atoms with E-state index in [1.54, 1.807) is 0 Å². The average molecular weight is 327 g/mol. The molecule has 1 aromatic heterocycles. The third-order valence-corrected chi connectivity index (χ3v) is 3.91. The van der Waals surface area contributed by atoms with Gasteiger partial charge in [0, 0.05) is 30.5 Å². The molecule has 1 heterocycles. The van der Waals surface area contributed by atoms with Gasteiger partial charge >= 0.3 is 0 Å². The lowest BCUT2D eigenvalue weighted by Crippen LogP contribution is -2.21. The molecule has 0 aliphatic rings. The molecule has 3 rings (SSSR count). The SMILES string of the molecule is Cn1c(Oc2ccc(F)cc2)c(C(N)CC(N)=O)c2ccccc21. The fourth-order valence-corrected chi connectivity index (χ4v) is 2.81. The second-order valence-corrected chi connectivity index (χ2v) is 5.63. The Kier molecular flexibility index (Phi) is 4.22. The van der Waals surface area contributed by atoms with Crippen LogP contribution in [0.15, 0.2) is 48.5 Å². The van der Waals surface area contributed by atoms with E-state index in [1.165, 1.54) is 24.3 Å². The quantitative estimate of drug-likeness (QED) is 0.755. The van der Waals surface area contributed by atoms with Crippen molar-refractivity contribution in [2.24, 2.45) is 18.5 Å². The molecule has 24 heavy (non-hydrogen) atoms. The Hall–Kier alpha value is -2.86.